The Morgan fingerprint density at radius 3 is 2.35 bits per heavy atom. The number of aliphatic hydroxyl groups is 1. The number of Topliss-reactive ketones (excluding diaryl/α,β-unsaturated/α-hetero) is 1. The minimum absolute atomic E-state index is 0.0522. The molecule has 6 heteroatoms. The molecule has 1 aliphatic rings. The van der Waals surface area contributed by atoms with Gasteiger partial charge in [-0.2, -0.15) is 0 Å². The second-order valence-electron chi connectivity index (χ2n) is 8.06. The van der Waals surface area contributed by atoms with Crippen LogP contribution >= 0.6 is 0 Å². The highest BCUT2D eigenvalue weighted by atomic mass is 16.5. The quantitative estimate of drug-likeness (QED) is 0.289. The number of benzene rings is 3. The van der Waals surface area contributed by atoms with E-state index in [2.05, 4.69) is 0 Å². The van der Waals surface area contributed by atoms with Crippen molar-refractivity contribution in [3.05, 3.63) is 101 Å². The van der Waals surface area contributed by atoms with Crippen LogP contribution in [0.25, 0.3) is 5.76 Å². The molecule has 1 N–H and O–H groups in total. The van der Waals surface area contributed by atoms with Gasteiger partial charge in [0.2, 0.25) is 0 Å². The molecule has 3 aromatic rings. The number of aliphatic hydroxyl groups excluding tert-OH is 1. The third kappa shape index (κ3) is 4.66. The van der Waals surface area contributed by atoms with Gasteiger partial charge in [0.25, 0.3) is 11.7 Å². The van der Waals surface area contributed by atoms with Crippen LogP contribution in [0.2, 0.25) is 0 Å². The number of carbonyl (C=O) groups is 2. The lowest BCUT2D eigenvalue weighted by atomic mass is 9.95. The van der Waals surface area contributed by atoms with Crippen molar-refractivity contribution in [3.8, 4) is 11.5 Å². The predicted molar refractivity (Wildman–Crippen MR) is 130 cm³/mol. The van der Waals surface area contributed by atoms with E-state index in [1.807, 2.05) is 43.3 Å². The lowest BCUT2D eigenvalue weighted by Gasteiger charge is -2.25. The highest BCUT2D eigenvalue weighted by molar-refractivity contribution is 6.46. The van der Waals surface area contributed by atoms with E-state index in [1.165, 1.54) is 4.90 Å². The number of likely N-dealkylation sites (tertiary alicyclic amines) is 1. The van der Waals surface area contributed by atoms with Crippen LogP contribution in [-0.2, 0) is 16.1 Å². The summed E-state index contributed by atoms with van der Waals surface area (Å²) in [7, 11) is 1.56. The van der Waals surface area contributed by atoms with E-state index in [9.17, 15) is 14.7 Å². The van der Waals surface area contributed by atoms with Crippen LogP contribution in [0, 0.1) is 0 Å². The Labute approximate surface area is 199 Å². The average Bonchev–Trinajstić information content (AvgIpc) is 3.13. The van der Waals surface area contributed by atoms with E-state index in [0.29, 0.717) is 29.2 Å². The maximum Gasteiger partial charge on any atom is 0.295 e. The van der Waals surface area contributed by atoms with E-state index in [-0.39, 0.29) is 17.9 Å². The number of carbonyl (C=O) groups excluding carboxylic acids is 2. The van der Waals surface area contributed by atoms with Crippen molar-refractivity contribution in [2.24, 2.45) is 0 Å². The topological polar surface area (TPSA) is 76.1 Å². The van der Waals surface area contributed by atoms with Gasteiger partial charge in [0, 0.05) is 12.1 Å². The fourth-order valence-corrected chi connectivity index (χ4v) is 4.07. The van der Waals surface area contributed by atoms with Gasteiger partial charge < -0.3 is 19.5 Å². The van der Waals surface area contributed by atoms with Crippen LogP contribution in [-0.4, -0.2) is 35.4 Å². The first-order valence-electron chi connectivity index (χ1n) is 11.2. The van der Waals surface area contributed by atoms with Gasteiger partial charge in [-0.25, -0.2) is 0 Å². The van der Waals surface area contributed by atoms with Crippen molar-refractivity contribution in [3.63, 3.8) is 0 Å². The number of hydrogen-bond acceptors (Lipinski definition) is 5. The van der Waals surface area contributed by atoms with Crippen molar-refractivity contribution in [2.45, 2.75) is 25.9 Å². The highest BCUT2D eigenvalue weighted by Crippen LogP contribution is 2.41. The van der Waals surface area contributed by atoms with E-state index >= 15 is 0 Å². The largest absolute Gasteiger partial charge is 0.507 e. The first-order valence-corrected chi connectivity index (χ1v) is 11.2. The fourth-order valence-electron chi connectivity index (χ4n) is 4.07. The smallest absolute Gasteiger partial charge is 0.295 e. The first kappa shape index (κ1) is 23.1. The van der Waals surface area contributed by atoms with Gasteiger partial charge in [-0.15, -0.1) is 0 Å². The lowest BCUT2D eigenvalue weighted by molar-refractivity contribution is -0.140. The molecule has 1 aliphatic heterocycles. The van der Waals surface area contributed by atoms with Gasteiger partial charge in [0.05, 0.1) is 25.3 Å². The average molecular weight is 458 g/mol. The molecular formula is C28H27NO5. The molecule has 0 radical (unpaired) electrons. The zero-order valence-electron chi connectivity index (χ0n) is 19.2. The third-order valence-corrected chi connectivity index (χ3v) is 5.75. The molecule has 0 bridgehead atoms. The molecule has 1 heterocycles. The van der Waals surface area contributed by atoms with E-state index in [0.717, 1.165) is 12.0 Å². The fraction of sp³-hybridized carbons (Fsp3) is 0.214. The monoisotopic (exact) mass is 457 g/mol. The molecule has 0 spiro atoms. The number of ketones is 1. The first-order chi connectivity index (χ1) is 16.5. The summed E-state index contributed by atoms with van der Waals surface area (Å²) >= 11 is 0. The summed E-state index contributed by atoms with van der Waals surface area (Å²) in [5.74, 6) is -0.315. The van der Waals surface area contributed by atoms with Crippen LogP contribution in [0.5, 0.6) is 11.5 Å². The molecule has 1 unspecified atom stereocenters. The zero-order valence-corrected chi connectivity index (χ0v) is 19.2. The summed E-state index contributed by atoms with van der Waals surface area (Å²) < 4.78 is 11.0. The Kier molecular flexibility index (Phi) is 6.97. The SMILES string of the molecule is CCCOc1ccc(/C(O)=C2\C(=O)C(=O)N(Cc3ccccc3)C2c2cccc(OC)c2)cc1. The summed E-state index contributed by atoms with van der Waals surface area (Å²) in [6.07, 6.45) is 0.882. The molecule has 0 saturated carbocycles. The summed E-state index contributed by atoms with van der Waals surface area (Å²) in [5.41, 5.74) is 2.06. The molecule has 0 aromatic heterocycles. The summed E-state index contributed by atoms with van der Waals surface area (Å²) in [6.45, 7) is 2.84. The molecule has 1 fully saturated rings. The molecule has 174 valence electrons. The van der Waals surface area contributed by atoms with Gasteiger partial charge in [-0.1, -0.05) is 49.4 Å². The van der Waals surface area contributed by atoms with E-state index < -0.39 is 17.7 Å². The molecule has 4 rings (SSSR count). The lowest BCUT2D eigenvalue weighted by Crippen LogP contribution is -2.29. The Hall–Kier alpha value is -4.06. The van der Waals surface area contributed by atoms with E-state index in [4.69, 9.17) is 9.47 Å². The zero-order chi connectivity index (χ0) is 24.1. The van der Waals surface area contributed by atoms with Crippen LogP contribution < -0.4 is 9.47 Å². The van der Waals surface area contributed by atoms with Gasteiger partial charge in [-0.05, 0) is 53.9 Å². The number of methoxy groups -OCH3 is 1. The van der Waals surface area contributed by atoms with E-state index in [1.54, 1.807) is 49.6 Å². The molecule has 34 heavy (non-hydrogen) atoms. The molecule has 1 amide bonds. The Balaban J connectivity index is 1.80. The second-order valence-corrected chi connectivity index (χ2v) is 8.06. The number of rotatable bonds is 8. The molecule has 1 atom stereocenters. The maximum absolute atomic E-state index is 13.2. The third-order valence-electron chi connectivity index (χ3n) is 5.75. The number of hydrogen-bond donors (Lipinski definition) is 1. The Bertz CT molecular complexity index is 1200. The van der Waals surface area contributed by atoms with Crippen molar-refractivity contribution in [1.82, 2.24) is 4.90 Å². The summed E-state index contributed by atoms with van der Waals surface area (Å²) in [6, 6.07) is 22.8. The normalized spacial score (nSPS) is 17.1. The second kappa shape index (κ2) is 10.3. The molecular weight excluding hydrogens is 430 g/mol. The molecule has 6 nitrogen and oxygen atoms in total. The minimum Gasteiger partial charge on any atom is -0.507 e. The van der Waals surface area contributed by atoms with Crippen LogP contribution in [0.15, 0.2) is 84.4 Å². The number of nitrogens with zero attached hydrogens (tertiary/aromatic N) is 1. The predicted octanol–water partition coefficient (Wildman–Crippen LogP) is 5.11. The van der Waals surface area contributed by atoms with Crippen LogP contribution in [0.3, 0.4) is 0 Å². The molecule has 3 aromatic carbocycles. The number of ether oxygens (including phenoxy) is 2. The Morgan fingerprint density at radius 1 is 0.941 bits per heavy atom. The highest BCUT2D eigenvalue weighted by Gasteiger charge is 2.46. The Morgan fingerprint density at radius 2 is 1.68 bits per heavy atom. The standard InChI is InChI=1S/C28H27NO5/c1-3-16-34-22-14-12-20(13-15-22)26(30)24-25(21-10-7-11-23(17-21)33-2)29(28(32)27(24)31)18-19-8-5-4-6-9-19/h4-15,17,25,30H,3,16,18H2,1-2H3/b26-24+. The van der Waals surface area contributed by atoms with Crippen molar-refractivity contribution in [2.75, 3.05) is 13.7 Å². The van der Waals surface area contributed by atoms with Crippen molar-refractivity contribution in [1.29, 1.82) is 0 Å². The van der Waals surface area contributed by atoms with Gasteiger partial charge in [-0.3, -0.25) is 9.59 Å². The van der Waals surface area contributed by atoms with Crippen LogP contribution in [0.1, 0.15) is 36.1 Å². The van der Waals surface area contributed by atoms with Gasteiger partial charge >= 0.3 is 0 Å². The van der Waals surface area contributed by atoms with Crippen molar-refractivity contribution < 1.29 is 24.2 Å². The minimum atomic E-state index is -0.758. The number of amides is 1. The van der Waals surface area contributed by atoms with Gasteiger partial charge in [0.1, 0.15) is 17.3 Å². The van der Waals surface area contributed by atoms with Gasteiger partial charge in [0.15, 0.2) is 0 Å². The van der Waals surface area contributed by atoms with Crippen LogP contribution in [0.4, 0.5) is 0 Å². The summed E-state index contributed by atoms with van der Waals surface area (Å²) in [5, 5.41) is 11.2. The van der Waals surface area contributed by atoms with Crippen molar-refractivity contribution >= 4 is 17.4 Å². The molecule has 0 aliphatic carbocycles. The summed E-state index contributed by atoms with van der Waals surface area (Å²) in [4.78, 5) is 27.8. The maximum atomic E-state index is 13.2. The molecule has 1 saturated heterocycles.